The Kier molecular flexibility index (Phi) is 4.81. The zero-order valence-corrected chi connectivity index (χ0v) is 13.6. The summed E-state index contributed by atoms with van der Waals surface area (Å²) in [6.07, 6.45) is 2.83. The number of nitrogens with zero attached hydrogens (tertiary/aromatic N) is 2. The SMILES string of the molecule is CCCn1cc(Br)cc1C(=O)Nc1cccc(C)c1C#N. The van der Waals surface area contributed by atoms with Gasteiger partial charge in [-0.3, -0.25) is 4.79 Å². The summed E-state index contributed by atoms with van der Waals surface area (Å²) in [6.45, 7) is 4.68. The molecule has 1 aromatic carbocycles. The van der Waals surface area contributed by atoms with Crippen LogP contribution in [0.3, 0.4) is 0 Å². The Bertz CT molecular complexity index is 713. The number of hydrogen-bond donors (Lipinski definition) is 1. The Morgan fingerprint density at radius 1 is 1.48 bits per heavy atom. The summed E-state index contributed by atoms with van der Waals surface area (Å²) in [5, 5.41) is 12.0. The second kappa shape index (κ2) is 6.59. The maximum Gasteiger partial charge on any atom is 0.272 e. The molecule has 0 radical (unpaired) electrons. The Morgan fingerprint density at radius 3 is 2.90 bits per heavy atom. The van der Waals surface area contributed by atoms with E-state index in [1.165, 1.54) is 0 Å². The third-order valence-corrected chi connectivity index (χ3v) is 3.63. The van der Waals surface area contributed by atoms with Gasteiger partial charge in [0.25, 0.3) is 5.91 Å². The van der Waals surface area contributed by atoms with Crippen molar-refractivity contribution >= 4 is 27.5 Å². The third-order valence-electron chi connectivity index (χ3n) is 3.19. The second-order valence-corrected chi connectivity index (χ2v) is 5.72. The van der Waals surface area contributed by atoms with Crippen LogP contribution in [0, 0.1) is 18.3 Å². The highest BCUT2D eigenvalue weighted by Crippen LogP contribution is 2.21. The molecule has 0 atom stereocenters. The summed E-state index contributed by atoms with van der Waals surface area (Å²) >= 11 is 3.39. The van der Waals surface area contributed by atoms with Crippen molar-refractivity contribution in [3.05, 3.63) is 51.8 Å². The maximum absolute atomic E-state index is 12.4. The van der Waals surface area contributed by atoms with Crippen LogP contribution in [-0.4, -0.2) is 10.5 Å². The maximum atomic E-state index is 12.4. The zero-order valence-electron chi connectivity index (χ0n) is 12.0. The number of halogens is 1. The molecule has 0 aliphatic heterocycles. The minimum absolute atomic E-state index is 0.212. The van der Waals surface area contributed by atoms with E-state index in [1.807, 2.05) is 29.8 Å². The smallest absolute Gasteiger partial charge is 0.272 e. The average molecular weight is 346 g/mol. The Hall–Kier alpha value is -2.06. The fourth-order valence-electron chi connectivity index (χ4n) is 2.20. The molecular formula is C16H16BrN3O. The van der Waals surface area contributed by atoms with E-state index < -0.39 is 0 Å². The van der Waals surface area contributed by atoms with Gasteiger partial charge in [0.2, 0.25) is 0 Å². The summed E-state index contributed by atoms with van der Waals surface area (Å²) in [7, 11) is 0. The largest absolute Gasteiger partial charge is 0.342 e. The number of carbonyl (C=O) groups excluding carboxylic acids is 1. The standard InChI is InChI=1S/C16H16BrN3O/c1-3-7-20-10-12(17)8-15(20)16(21)19-14-6-4-5-11(2)13(14)9-18/h4-6,8,10H,3,7H2,1-2H3,(H,19,21). The van der Waals surface area contributed by atoms with Crippen LogP contribution in [0.15, 0.2) is 34.9 Å². The molecule has 2 rings (SSSR count). The first-order chi connectivity index (χ1) is 10.1. The van der Waals surface area contributed by atoms with Crippen molar-refractivity contribution in [2.45, 2.75) is 26.8 Å². The van der Waals surface area contributed by atoms with E-state index in [9.17, 15) is 10.1 Å². The van der Waals surface area contributed by atoms with Crippen molar-refractivity contribution in [1.82, 2.24) is 4.57 Å². The van der Waals surface area contributed by atoms with Crippen molar-refractivity contribution in [1.29, 1.82) is 5.26 Å². The van der Waals surface area contributed by atoms with Gasteiger partial charge >= 0.3 is 0 Å². The summed E-state index contributed by atoms with van der Waals surface area (Å²) < 4.78 is 2.77. The normalized spacial score (nSPS) is 10.2. The molecule has 108 valence electrons. The monoisotopic (exact) mass is 345 g/mol. The summed E-state index contributed by atoms with van der Waals surface area (Å²) in [5.74, 6) is -0.212. The number of rotatable bonds is 4. The number of benzene rings is 1. The molecule has 0 saturated carbocycles. The van der Waals surface area contributed by atoms with Crippen LogP contribution in [0.4, 0.5) is 5.69 Å². The van der Waals surface area contributed by atoms with Gasteiger partial charge in [-0.1, -0.05) is 19.1 Å². The van der Waals surface area contributed by atoms with Gasteiger partial charge in [-0.15, -0.1) is 0 Å². The number of aryl methyl sites for hydroxylation is 2. The van der Waals surface area contributed by atoms with Crippen molar-refractivity contribution in [2.75, 3.05) is 5.32 Å². The molecule has 0 saturated heterocycles. The number of nitrogens with one attached hydrogen (secondary N) is 1. The minimum Gasteiger partial charge on any atom is -0.342 e. The van der Waals surface area contributed by atoms with E-state index in [0.717, 1.165) is 23.0 Å². The quantitative estimate of drug-likeness (QED) is 0.906. The number of aromatic nitrogens is 1. The third kappa shape index (κ3) is 3.34. The lowest BCUT2D eigenvalue weighted by atomic mass is 10.1. The number of carbonyl (C=O) groups is 1. The first kappa shape index (κ1) is 15.3. The van der Waals surface area contributed by atoms with Crippen LogP contribution in [0.25, 0.3) is 0 Å². The van der Waals surface area contributed by atoms with E-state index in [2.05, 4.69) is 34.2 Å². The van der Waals surface area contributed by atoms with Gasteiger partial charge in [0, 0.05) is 17.2 Å². The topological polar surface area (TPSA) is 57.8 Å². The van der Waals surface area contributed by atoms with E-state index in [0.29, 0.717) is 16.9 Å². The van der Waals surface area contributed by atoms with Gasteiger partial charge in [0.1, 0.15) is 11.8 Å². The van der Waals surface area contributed by atoms with E-state index in [-0.39, 0.29) is 5.91 Å². The molecule has 1 aromatic heterocycles. The highest BCUT2D eigenvalue weighted by Gasteiger charge is 2.15. The highest BCUT2D eigenvalue weighted by atomic mass is 79.9. The molecule has 21 heavy (non-hydrogen) atoms. The van der Waals surface area contributed by atoms with E-state index in [4.69, 9.17) is 0 Å². The molecule has 0 spiro atoms. The van der Waals surface area contributed by atoms with Crippen molar-refractivity contribution in [3.63, 3.8) is 0 Å². The fourth-order valence-corrected chi connectivity index (χ4v) is 2.66. The molecule has 4 nitrogen and oxygen atoms in total. The molecule has 0 unspecified atom stereocenters. The molecule has 0 aliphatic rings. The highest BCUT2D eigenvalue weighted by molar-refractivity contribution is 9.10. The van der Waals surface area contributed by atoms with Crippen LogP contribution in [0.2, 0.25) is 0 Å². The predicted molar refractivity (Wildman–Crippen MR) is 86.3 cm³/mol. The second-order valence-electron chi connectivity index (χ2n) is 4.80. The van der Waals surface area contributed by atoms with Crippen molar-refractivity contribution in [2.24, 2.45) is 0 Å². The Morgan fingerprint density at radius 2 is 2.24 bits per heavy atom. The van der Waals surface area contributed by atoms with Crippen LogP contribution in [0.5, 0.6) is 0 Å². The molecule has 1 N–H and O–H groups in total. The molecule has 0 bridgehead atoms. The van der Waals surface area contributed by atoms with Crippen LogP contribution in [0.1, 0.15) is 35.0 Å². The van der Waals surface area contributed by atoms with Crippen molar-refractivity contribution < 1.29 is 4.79 Å². The van der Waals surface area contributed by atoms with Crippen LogP contribution in [-0.2, 0) is 6.54 Å². The molecule has 0 aliphatic carbocycles. The number of hydrogen-bond acceptors (Lipinski definition) is 2. The molecule has 1 heterocycles. The average Bonchev–Trinajstić information content (AvgIpc) is 2.80. The number of anilines is 1. The van der Waals surface area contributed by atoms with E-state index in [1.54, 1.807) is 12.1 Å². The van der Waals surface area contributed by atoms with Crippen LogP contribution >= 0.6 is 15.9 Å². The Balaban J connectivity index is 2.31. The number of nitriles is 1. The lowest BCUT2D eigenvalue weighted by Crippen LogP contribution is -2.17. The Labute approximate surface area is 132 Å². The van der Waals surface area contributed by atoms with Gasteiger partial charge in [0.05, 0.1) is 11.3 Å². The fraction of sp³-hybridized carbons (Fsp3) is 0.250. The molecule has 1 amide bonds. The lowest BCUT2D eigenvalue weighted by Gasteiger charge is -2.10. The minimum atomic E-state index is -0.212. The van der Waals surface area contributed by atoms with E-state index >= 15 is 0 Å². The molecule has 5 heteroatoms. The summed E-state index contributed by atoms with van der Waals surface area (Å²) in [6, 6.07) is 9.34. The van der Waals surface area contributed by atoms with Gasteiger partial charge < -0.3 is 9.88 Å². The number of amides is 1. The van der Waals surface area contributed by atoms with Gasteiger partial charge in [-0.05, 0) is 47.0 Å². The van der Waals surface area contributed by atoms with Gasteiger partial charge in [0.15, 0.2) is 0 Å². The van der Waals surface area contributed by atoms with Crippen LogP contribution < -0.4 is 5.32 Å². The first-order valence-electron chi connectivity index (χ1n) is 6.73. The molecule has 2 aromatic rings. The summed E-state index contributed by atoms with van der Waals surface area (Å²) in [5.41, 5.74) is 2.47. The lowest BCUT2D eigenvalue weighted by molar-refractivity contribution is 0.101. The van der Waals surface area contributed by atoms with Gasteiger partial charge in [-0.25, -0.2) is 0 Å². The molecular weight excluding hydrogens is 330 g/mol. The first-order valence-corrected chi connectivity index (χ1v) is 7.52. The van der Waals surface area contributed by atoms with Crippen molar-refractivity contribution in [3.8, 4) is 6.07 Å². The predicted octanol–water partition coefficient (Wildman–Crippen LogP) is 4.09. The summed E-state index contributed by atoms with van der Waals surface area (Å²) in [4.78, 5) is 12.4. The van der Waals surface area contributed by atoms with Gasteiger partial charge in [-0.2, -0.15) is 5.26 Å². The molecule has 0 fully saturated rings. The zero-order chi connectivity index (χ0) is 15.4.